The number of rotatable bonds is 7. The zero-order valence-corrected chi connectivity index (χ0v) is 15.6. The maximum Gasteiger partial charge on any atom is 0.325 e. The maximum atomic E-state index is 12.4. The molecule has 2 saturated heterocycles. The van der Waals surface area contributed by atoms with E-state index in [1.807, 2.05) is 6.26 Å². The standard InChI is InChI=1S/C15H23N5O5S/c1-3-19-5-6-20(14(24)13(19)23)15(25)18-9(4-7-26-2)12(22)17-10-8-16-11(10)21/h9-10H,3-8H2,1-2H3,(H,16,21)(H,17,22)(H,18,25)/t9-,10?/m1/s1. The third-order valence-corrected chi connectivity index (χ3v) is 4.92. The predicted molar refractivity (Wildman–Crippen MR) is 94.2 cm³/mol. The number of piperazine rings is 1. The molecule has 144 valence electrons. The predicted octanol–water partition coefficient (Wildman–Crippen LogP) is -1.88. The number of urea groups is 1. The molecule has 0 saturated carbocycles. The highest BCUT2D eigenvalue weighted by Crippen LogP contribution is 2.08. The highest BCUT2D eigenvalue weighted by molar-refractivity contribution is 7.98. The average Bonchev–Trinajstić information content (AvgIpc) is 2.63. The van der Waals surface area contributed by atoms with Crippen molar-refractivity contribution in [3.63, 3.8) is 0 Å². The smallest absolute Gasteiger partial charge is 0.325 e. The Hall–Kier alpha value is -2.30. The summed E-state index contributed by atoms with van der Waals surface area (Å²) in [5, 5.41) is 7.60. The first-order valence-corrected chi connectivity index (χ1v) is 9.76. The molecule has 11 heteroatoms. The minimum Gasteiger partial charge on any atom is -0.352 e. The van der Waals surface area contributed by atoms with Crippen molar-refractivity contribution in [2.24, 2.45) is 0 Å². The first kappa shape index (κ1) is 20.0. The number of carbonyl (C=O) groups is 5. The van der Waals surface area contributed by atoms with Crippen molar-refractivity contribution >= 4 is 41.4 Å². The van der Waals surface area contributed by atoms with Gasteiger partial charge in [-0.3, -0.25) is 24.1 Å². The van der Waals surface area contributed by atoms with Crippen LogP contribution in [0, 0.1) is 0 Å². The van der Waals surface area contributed by atoms with Crippen LogP contribution in [0.4, 0.5) is 4.79 Å². The third-order valence-electron chi connectivity index (χ3n) is 4.27. The van der Waals surface area contributed by atoms with Crippen LogP contribution < -0.4 is 16.0 Å². The molecule has 0 spiro atoms. The van der Waals surface area contributed by atoms with Crippen LogP contribution >= 0.6 is 11.8 Å². The van der Waals surface area contributed by atoms with Crippen molar-refractivity contribution < 1.29 is 24.0 Å². The van der Waals surface area contributed by atoms with Gasteiger partial charge in [-0.1, -0.05) is 0 Å². The Morgan fingerprint density at radius 3 is 2.54 bits per heavy atom. The molecule has 0 aromatic carbocycles. The average molecular weight is 385 g/mol. The first-order valence-electron chi connectivity index (χ1n) is 8.37. The Labute approximate surface area is 155 Å². The van der Waals surface area contributed by atoms with Crippen molar-refractivity contribution in [1.29, 1.82) is 0 Å². The summed E-state index contributed by atoms with van der Waals surface area (Å²) in [4.78, 5) is 62.3. The number of nitrogens with one attached hydrogen (secondary N) is 3. The Balaban J connectivity index is 1.98. The van der Waals surface area contributed by atoms with E-state index in [2.05, 4.69) is 16.0 Å². The molecule has 3 N–H and O–H groups in total. The second-order valence-corrected chi connectivity index (χ2v) is 6.92. The van der Waals surface area contributed by atoms with Crippen LogP contribution in [0.1, 0.15) is 13.3 Å². The van der Waals surface area contributed by atoms with E-state index in [4.69, 9.17) is 0 Å². The quantitative estimate of drug-likeness (QED) is 0.348. The largest absolute Gasteiger partial charge is 0.352 e. The molecule has 10 nitrogen and oxygen atoms in total. The number of likely N-dealkylation sites (N-methyl/N-ethyl adjacent to an activating group) is 1. The number of nitrogens with zero attached hydrogens (tertiary/aromatic N) is 2. The lowest BCUT2D eigenvalue weighted by Gasteiger charge is -2.33. The van der Waals surface area contributed by atoms with Gasteiger partial charge in [-0.05, 0) is 25.4 Å². The van der Waals surface area contributed by atoms with Crippen LogP contribution in [-0.4, -0.2) is 89.7 Å². The number of hydrogen-bond acceptors (Lipinski definition) is 6. The molecule has 2 fully saturated rings. The second-order valence-electron chi connectivity index (χ2n) is 5.93. The second kappa shape index (κ2) is 8.88. The number of β-lactam (4-membered cyclic amide) rings is 1. The van der Waals surface area contributed by atoms with Crippen LogP contribution in [-0.2, 0) is 19.2 Å². The molecule has 0 aromatic rings. The number of amides is 6. The summed E-state index contributed by atoms with van der Waals surface area (Å²) in [6.45, 7) is 2.83. The summed E-state index contributed by atoms with van der Waals surface area (Å²) in [5.74, 6) is -1.79. The summed E-state index contributed by atoms with van der Waals surface area (Å²) in [7, 11) is 0. The lowest BCUT2D eigenvalue weighted by Crippen LogP contribution is -2.65. The van der Waals surface area contributed by atoms with Gasteiger partial charge in [-0.15, -0.1) is 0 Å². The van der Waals surface area contributed by atoms with Gasteiger partial charge in [0.15, 0.2) is 0 Å². The Kier molecular flexibility index (Phi) is 6.83. The highest BCUT2D eigenvalue weighted by Gasteiger charge is 2.37. The number of carbonyl (C=O) groups excluding carboxylic acids is 5. The van der Waals surface area contributed by atoms with Gasteiger partial charge in [0.05, 0.1) is 0 Å². The number of imide groups is 1. The minimum absolute atomic E-state index is 0.0755. The number of hydrogen-bond donors (Lipinski definition) is 3. The molecule has 1 unspecified atom stereocenters. The van der Waals surface area contributed by atoms with Crippen molar-refractivity contribution in [2.45, 2.75) is 25.4 Å². The summed E-state index contributed by atoms with van der Waals surface area (Å²) < 4.78 is 0. The lowest BCUT2D eigenvalue weighted by molar-refractivity contribution is -0.153. The Morgan fingerprint density at radius 1 is 1.27 bits per heavy atom. The fourth-order valence-electron chi connectivity index (χ4n) is 2.58. The monoisotopic (exact) mass is 385 g/mol. The summed E-state index contributed by atoms with van der Waals surface area (Å²) >= 11 is 1.50. The van der Waals surface area contributed by atoms with Gasteiger partial charge in [-0.2, -0.15) is 11.8 Å². The summed E-state index contributed by atoms with van der Waals surface area (Å²) in [6, 6.07) is -2.28. The molecule has 2 aliphatic heterocycles. The van der Waals surface area contributed by atoms with Gasteiger partial charge >= 0.3 is 17.8 Å². The molecule has 0 radical (unpaired) electrons. The van der Waals surface area contributed by atoms with E-state index in [1.165, 1.54) is 16.7 Å². The van der Waals surface area contributed by atoms with Gasteiger partial charge in [-0.25, -0.2) is 4.79 Å². The molecule has 0 aromatic heterocycles. The van der Waals surface area contributed by atoms with Gasteiger partial charge in [0.1, 0.15) is 12.1 Å². The first-order chi connectivity index (χ1) is 12.4. The molecule has 2 rings (SSSR count). The van der Waals surface area contributed by atoms with Crippen LogP contribution in [0.15, 0.2) is 0 Å². The van der Waals surface area contributed by atoms with Crippen LogP contribution in [0.3, 0.4) is 0 Å². The van der Waals surface area contributed by atoms with E-state index >= 15 is 0 Å². The van der Waals surface area contributed by atoms with E-state index in [-0.39, 0.29) is 19.0 Å². The van der Waals surface area contributed by atoms with Crippen molar-refractivity contribution in [3.8, 4) is 0 Å². The number of thioether (sulfide) groups is 1. The minimum atomic E-state index is -0.905. The fraction of sp³-hybridized carbons (Fsp3) is 0.667. The lowest BCUT2D eigenvalue weighted by atomic mass is 10.1. The van der Waals surface area contributed by atoms with E-state index in [1.54, 1.807) is 6.92 Å². The fourth-order valence-corrected chi connectivity index (χ4v) is 3.05. The molecule has 2 heterocycles. The summed E-state index contributed by atoms with van der Waals surface area (Å²) in [5.41, 5.74) is 0. The van der Waals surface area contributed by atoms with Crippen LogP contribution in [0.2, 0.25) is 0 Å². The molecular formula is C15H23N5O5S. The maximum absolute atomic E-state index is 12.4. The highest BCUT2D eigenvalue weighted by atomic mass is 32.2. The zero-order valence-electron chi connectivity index (χ0n) is 14.7. The van der Waals surface area contributed by atoms with Crippen molar-refractivity contribution in [2.75, 3.05) is 38.2 Å². The third kappa shape index (κ3) is 4.45. The van der Waals surface area contributed by atoms with Gasteiger partial charge in [0.25, 0.3) is 0 Å². The van der Waals surface area contributed by atoms with E-state index in [0.717, 1.165) is 4.90 Å². The molecule has 2 atom stereocenters. The molecule has 26 heavy (non-hydrogen) atoms. The van der Waals surface area contributed by atoms with E-state index in [0.29, 0.717) is 25.3 Å². The van der Waals surface area contributed by atoms with Crippen LogP contribution in [0.25, 0.3) is 0 Å². The van der Waals surface area contributed by atoms with Gasteiger partial charge in [0, 0.05) is 26.2 Å². The molecular weight excluding hydrogens is 362 g/mol. The summed E-state index contributed by atoms with van der Waals surface area (Å²) in [6.07, 6.45) is 2.20. The molecule has 2 aliphatic rings. The van der Waals surface area contributed by atoms with Crippen LogP contribution in [0.5, 0.6) is 0 Å². The topological polar surface area (TPSA) is 128 Å². The van der Waals surface area contributed by atoms with Gasteiger partial charge < -0.3 is 20.9 Å². The zero-order chi connectivity index (χ0) is 19.3. The SMILES string of the molecule is CCN1CCN(C(=O)N[C@H](CCSC)C(=O)NC2CNC2=O)C(=O)C1=O. The normalized spacial score (nSPS) is 21.0. The Morgan fingerprint density at radius 2 is 2.00 bits per heavy atom. The van der Waals surface area contributed by atoms with Crippen molar-refractivity contribution in [1.82, 2.24) is 25.8 Å². The molecule has 0 bridgehead atoms. The van der Waals surface area contributed by atoms with E-state index < -0.39 is 35.8 Å². The Bertz CT molecular complexity index is 613. The van der Waals surface area contributed by atoms with E-state index in [9.17, 15) is 24.0 Å². The molecule has 6 amide bonds. The van der Waals surface area contributed by atoms with Crippen molar-refractivity contribution in [3.05, 3.63) is 0 Å². The molecule has 0 aliphatic carbocycles. The van der Waals surface area contributed by atoms with Gasteiger partial charge in [0.2, 0.25) is 11.8 Å².